The summed E-state index contributed by atoms with van der Waals surface area (Å²) < 4.78 is 0. The summed E-state index contributed by atoms with van der Waals surface area (Å²) in [6.07, 6.45) is 0. The molecule has 0 saturated heterocycles. The first-order valence-electron chi connectivity index (χ1n) is 5.01. The summed E-state index contributed by atoms with van der Waals surface area (Å²) in [6, 6.07) is 14.7. The third kappa shape index (κ3) is 1.89. The third-order valence-electron chi connectivity index (χ3n) is 2.49. The number of aryl methyl sites for hydroxylation is 1. The number of hydrogen-bond acceptors (Lipinski definition) is 2. The summed E-state index contributed by atoms with van der Waals surface area (Å²) in [5, 5.41) is 18.6. The molecule has 0 spiro atoms. The molecule has 0 aliphatic carbocycles. The maximum atomic E-state index is 9.74. The molecule has 2 heteroatoms. The topological polar surface area (TPSA) is 44.0 Å². The molecule has 0 radical (unpaired) electrons. The highest BCUT2D eigenvalue weighted by molar-refractivity contribution is 5.71. The van der Waals surface area contributed by atoms with Gasteiger partial charge in [0.25, 0.3) is 0 Å². The Kier molecular flexibility index (Phi) is 2.61. The van der Waals surface area contributed by atoms with Crippen LogP contribution in [0, 0.1) is 18.3 Å². The molecule has 0 amide bonds. The average Bonchev–Trinajstić information content (AvgIpc) is 2.31. The van der Waals surface area contributed by atoms with E-state index < -0.39 is 0 Å². The Morgan fingerprint density at radius 1 is 1.06 bits per heavy atom. The molecule has 0 atom stereocenters. The lowest BCUT2D eigenvalue weighted by molar-refractivity contribution is 0.477. The molecular weight excluding hydrogens is 198 g/mol. The summed E-state index contributed by atoms with van der Waals surface area (Å²) in [7, 11) is 0. The van der Waals surface area contributed by atoms with Crippen LogP contribution in [0.1, 0.15) is 11.1 Å². The molecule has 0 bridgehead atoms. The smallest absolute Gasteiger partial charge is 0.123 e. The molecule has 0 aromatic heterocycles. The van der Waals surface area contributed by atoms with Crippen molar-refractivity contribution >= 4 is 0 Å². The van der Waals surface area contributed by atoms with Crippen molar-refractivity contribution in [3.8, 4) is 22.9 Å². The first-order valence-corrected chi connectivity index (χ1v) is 5.01. The third-order valence-corrected chi connectivity index (χ3v) is 2.49. The van der Waals surface area contributed by atoms with Gasteiger partial charge < -0.3 is 5.11 Å². The van der Waals surface area contributed by atoms with Crippen LogP contribution in [0.15, 0.2) is 42.5 Å². The molecule has 2 aromatic carbocycles. The molecule has 2 nitrogen and oxygen atoms in total. The Morgan fingerprint density at radius 2 is 1.75 bits per heavy atom. The van der Waals surface area contributed by atoms with Crippen LogP contribution in [0.3, 0.4) is 0 Å². The Bertz CT molecular complexity index is 550. The van der Waals surface area contributed by atoms with E-state index in [1.807, 2.05) is 31.2 Å². The monoisotopic (exact) mass is 209 g/mol. The summed E-state index contributed by atoms with van der Waals surface area (Å²) in [5.74, 6) is 0.197. The highest BCUT2D eigenvalue weighted by Crippen LogP contribution is 2.29. The van der Waals surface area contributed by atoms with Crippen LogP contribution in [0.2, 0.25) is 0 Å². The van der Waals surface area contributed by atoms with E-state index in [1.165, 1.54) is 5.56 Å². The zero-order valence-corrected chi connectivity index (χ0v) is 8.94. The van der Waals surface area contributed by atoms with E-state index in [2.05, 4.69) is 6.07 Å². The summed E-state index contributed by atoms with van der Waals surface area (Å²) in [4.78, 5) is 0. The van der Waals surface area contributed by atoms with Crippen LogP contribution in [0.4, 0.5) is 0 Å². The van der Waals surface area contributed by atoms with Gasteiger partial charge in [0, 0.05) is 5.56 Å². The number of rotatable bonds is 1. The van der Waals surface area contributed by atoms with Crippen molar-refractivity contribution in [2.75, 3.05) is 0 Å². The SMILES string of the molecule is Cc1ccc(-c2cc(C#N)ccc2O)cc1. The first kappa shape index (κ1) is 10.3. The maximum Gasteiger partial charge on any atom is 0.123 e. The van der Waals surface area contributed by atoms with Crippen LogP contribution in [-0.2, 0) is 0 Å². The van der Waals surface area contributed by atoms with Crippen molar-refractivity contribution in [2.24, 2.45) is 0 Å². The molecule has 78 valence electrons. The summed E-state index contributed by atoms with van der Waals surface area (Å²) >= 11 is 0. The van der Waals surface area contributed by atoms with Gasteiger partial charge >= 0.3 is 0 Å². The van der Waals surface area contributed by atoms with Gasteiger partial charge in [-0.05, 0) is 30.7 Å². The Hall–Kier alpha value is -2.27. The van der Waals surface area contributed by atoms with Crippen LogP contribution >= 0.6 is 0 Å². The van der Waals surface area contributed by atoms with Gasteiger partial charge in [-0.3, -0.25) is 0 Å². The van der Waals surface area contributed by atoms with Gasteiger partial charge in [0.2, 0.25) is 0 Å². The maximum absolute atomic E-state index is 9.74. The minimum absolute atomic E-state index is 0.197. The van der Waals surface area contributed by atoms with Gasteiger partial charge in [0.15, 0.2) is 0 Å². The predicted octanol–water partition coefficient (Wildman–Crippen LogP) is 3.24. The molecule has 0 unspecified atom stereocenters. The van der Waals surface area contributed by atoms with Gasteiger partial charge in [-0.15, -0.1) is 0 Å². The lowest BCUT2D eigenvalue weighted by Gasteiger charge is -2.05. The van der Waals surface area contributed by atoms with Crippen LogP contribution in [0.5, 0.6) is 5.75 Å². The summed E-state index contributed by atoms with van der Waals surface area (Å²) in [5.41, 5.74) is 3.33. The predicted molar refractivity (Wildman–Crippen MR) is 63.0 cm³/mol. The molecule has 0 fully saturated rings. The average molecular weight is 209 g/mol. The number of hydrogen-bond donors (Lipinski definition) is 1. The van der Waals surface area contributed by atoms with E-state index in [1.54, 1.807) is 18.2 Å². The fourth-order valence-electron chi connectivity index (χ4n) is 1.57. The lowest BCUT2D eigenvalue weighted by Crippen LogP contribution is -1.82. The number of aromatic hydroxyl groups is 1. The molecule has 16 heavy (non-hydrogen) atoms. The zero-order chi connectivity index (χ0) is 11.5. The second-order valence-electron chi connectivity index (χ2n) is 3.71. The number of benzene rings is 2. The molecule has 0 saturated carbocycles. The van der Waals surface area contributed by atoms with Gasteiger partial charge in [-0.25, -0.2) is 0 Å². The van der Waals surface area contributed by atoms with E-state index in [-0.39, 0.29) is 5.75 Å². The van der Waals surface area contributed by atoms with E-state index in [9.17, 15) is 5.11 Å². The van der Waals surface area contributed by atoms with Crippen molar-refractivity contribution in [3.63, 3.8) is 0 Å². The highest BCUT2D eigenvalue weighted by Gasteiger charge is 2.04. The van der Waals surface area contributed by atoms with E-state index in [0.717, 1.165) is 5.56 Å². The fourth-order valence-corrected chi connectivity index (χ4v) is 1.57. The fraction of sp³-hybridized carbons (Fsp3) is 0.0714. The lowest BCUT2D eigenvalue weighted by atomic mass is 10.0. The van der Waals surface area contributed by atoms with E-state index in [0.29, 0.717) is 11.1 Å². The minimum Gasteiger partial charge on any atom is -0.507 e. The van der Waals surface area contributed by atoms with E-state index in [4.69, 9.17) is 5.26 Å². The molecule has 1 N–H and O–H groups in total. The zero-order valence-electron chi connectivity index (χ0n) is 8.94. The Labute approximate surface area is 94.4 Å². The molecular formula is C14H11NO. The number of nitrogens with zero attached hydrogens (tertiary/aromatic N) is 1. The Morgan fingerprint density at radius 3 is 2.38 bits per heavy atom. The standard InChI is InChI=1S/C14H11NO/c1-10-2-5-12(6-3-10)13-8-11(9-15)4-7-14(13)16/h2-8,16H,1H3. The van der Waals surface area contributed by atoms with Gasteiger partial charge in [-0.1, -0.05) is 29.8 Å². The molecule has 2 rings (SSSR count). The van der Waals surface area contributed by atoms with Crippen LogP contribution < -0.4 is 0 Å². The number of nitriles is 1. The Balaban J connectivity index is 2.55. The van der Waals surface area contributed by atoms with Crippen molar-refractivity contribution in [1.29, 1.82) is 5.26 Å². The van der Waals surface area contributed by atoms with Crippen LogP contribution in [0.25, 0.3) is 11.1 Å². The first-order chi connectivity index (χ1) is 7.70. The molecule has 0 heterocycles. The largest absolute Gasteiger partial charge is 0.507 e. The molecule has 0 aliphatic rings. The molecule has 0 aliphatic heterocycles. The summed E-state index contributed by atoms with van der Waals surface area (Å²) in [6.45, 7) is 2.01. The van der Waals surface area contributed by atoms with Crippen molar-refractivity contribution in [1.82, 2.24) is 0 Å². The number of phenols is 1. The van der Waals surface area contributed by atoms with Gasteiger partial charge in [0.1, 0.15) is 5.75 Å². The van der Waals surface area contributed by atoms with Crippen LogP contribution in [-0.4, -0.2) is 5.11 Å². The quantitative estimate of drug-likeness (QED) is 0.783. The normalized spacial score (nSPS) is 9.75. The van der Waals surface area contributed by atoms with Crippen molar-refractivity contribution in [3.05, 3.63) is 53.6 Å². The van der Waals surface area contributed by atoms with Crippen molar-refractivity contribution < 1.29 is 5.11 Å². The van der Waals surface area contributed by atoms with Gasteiger partial charge in [-0.2, -0.15) is 5.26 Å². The second kappa shape index (κ2) is 4.08. The second-order valence-corrected chi connectivity index (χ2v) is 3.71. The molecule has 2 aromatic rings. The number of phenolic OH excluding ortho intramolecular Hbond substituents is 1. The van der Waals surface area contributed by atoms with E-state index >= 15 is 0 Å². The highest BCUT2D eigenvalue weighted by atomic mass is 16.3. The van der Waals surface area contributed by atoms with Crippen molar-refractivity contribution in [2.45, 2.75) is 6.92 Å². The van der Waals surface area contributed by atoms with Gasteiger partial charge in [0.05, 0.1) is 11.6 Å². The minimum atomic E-state index is 0.197.